The number of carbonyl (C=O) groups excluding carboxylic acids is 2. The lowest BCUT2D eigenvalue weighted by atomic mass is 9.81. The van der Waals surface area contributed by atoms with E-state index >= 15 is 0 Å². The number of nitrogens with zero attached hydrogens (tertiary/aromatic N) is 1. The molecule has 1 aliphatic rings. The first-order valence-corrected chi connectivity index (χ1v) is 6.22. The van der Waals surface area contributed by atoms with Gasteiger partial charge in [-0.15, -0.1) is 0 Å². The third-order valence-corrected chi connectivity index (χ3v) is 3.00. The Hall–Kier alpha value is -0.900. The SMILES string of the molecule is CC(C)CC(O)CN1C(=O)CC(C)(C)CC1=O. The molecule has 1 saturated heterocycles. The molecule has 0 radical (unpaired) electrons. The van der Waals surface area contributed by atoms with Crippen LogP contribution in [0.1, 0.15) is 47.0 Å². The predicted octanol–water partition coefficient (Wildman–Crippen LogP) is 1.57. The summed E-state index contributed by atoms with van der Waals surface area (Å²) >= 11 is 0. The first-order chi connectivity index (χ1) is 7.71. The number of piperidine rings is 1. The van der Waals surface area contributed by atoms with Crippen molar-refractivity contribution in [2.45, 2.75) is 53.1 Å². The largest absolute Gasteiger partial charge is 0.391 e. The summed E-state index contributed by atoms with van der Waals surface area (Å²) in [5.41, 5.74) is -0.242. The maximum atomic E-state index is 11.8. The van der Waals surface area contributed by atoms with Crippen molar-refractivity contribution in [3.8, 4) is 0 Å². The first kappa shape index (κ1) is 14.2. The van der Waals surface area contributed by atoms with Crippen molar-refractivity contribution in [1.82, 2.24) is 4.90 Å². The topological polar surface area (TPSA) is 57.6 Å². The molecule has 1 heterocycles. The molecule has 1 N–H and O–H groups in total. The van der Waals surface area contributed by atoms with Crippen molar-refractivity contribution in [1.29, 1.82) is 0 Å². The molecule has 17 heavy (non-hydrogen) atoms. The summed E-state index contributed by atoms with van der Waals surface area (Å²) in [4.78, 5) is 24.9. The maximum Gasteiger partial charge on any atom is 0.229 e. The number of likely N-dealkylation sites (tertiary alicyclic amines) is 1. The standard InChI is InChI=1S/C13H23NO3/c1-9(2)5-10(15)8-14-11(16)6-13(3,4)7-12(14)17/h9-10,15H,5-8H2,1-4H3. The van der Waals surface area contributed by atoms with Gasteiger partial charge in [-0.1, -0.05) is 27.7 Å². The van der Waals surface area contributed by atoms with Crippen molar-refractivity contribution < 1.29 is 14.7 Å². The van der Waals surface area contributed by atoms with Gasteiger partial charge in [-0.2, -0.15) is 0 Å². The van der Waals surface area contributed by atoms with Gasteiger partial charge in [-0.25, -0.2) is 0 Å². The normalized spacial score (nSPS) is 22.1. The minimum absolute atomic E-state index is 0.145. The number of amides is 2. The van der Waals surface area contributed by atoms with Crippen LogP contribution < -0.4 is 0 Å². The summed E-state index contributed by atoms with van der Waals surface area (Å²) in [5.74, 6) is 0.0412. The van der Waals surface area contributed by atoms with Gasteiger partial charge >= 0.3 is 0 Å². The highest BCUT2D eigenvalue weighted by atomic mass is 16.3. The van der Waals surface area contributed by atoms with Gasteiger partial charge in [0, 0.05) is 12.8 Å². The van der Waals surface area contributed by atoms with Crippen LogP contribution in [-0.4, -0.2) is 34.5 Å². The molecule has 1 aliphatic heterocycles. The van der Waals surface area contributed by atoms with Gasteiger partial charge in [0.1, 0.15) is 0 Å². The van der Waals surface area contributed by atoms with E-state index in [0.29, 0.717) is 25.2 Å². The summed E-state index contributed by atoms with van der Waals surface area (Å²) in [5, 5.41) is 9.79. The van der Waals surface area contributed by atoms with E-state index < -0.39 is 6.10 Å². The number of aliphatic hydroxyl groups excluding tert-OH is 1. The zero-order valence-corrected chi connectivity index (χ0v) is 11.2. The predicted molar refractivity (Wildman–Crippen MR) is 65.2 cm³/mol. The van der Waals surface area contributed by atoms with Crippen LogP contribution in [0.15, 0.2) is 0 Å². The molecular weight excluding hydrogens is 218 g/mol. The lowest BCUT2D eigenvalue weighted by Crippen LogP contribution is -2.49. The molecule has 0 aromatic rings. The van der Waals surface area contributed by atoms with E-state index in [1.165, 1.54) is 4.90 Å². The molecule has 98 valence electrons. The number of hydrogen-bond donors (Lipinski definition) is 1. The minimum Gasteiger partial charge on any atom is -0.391 e. The van der Waals surface area contributed by atoms with E-state index in [-0.39, 0.29) is 23.8 Å². The van der Waals surface area contributed by atoms with E-state index in [9.17, 15) is 14.7 Å². The summed E-state index contributed by atoms with van der Waals surface area (Å²) in [6, 6.07) is 0. The van der Waals surface area contributed by atoms with Gasteiger partial charge in [-0.3, -0.25) is 14.5 Å². The Balaban J connectivity index is 2.60. The molecule has 1 atom stereocenters. The molecule has 0 spiro atoms. The number of hydrogen-bond acceptors (Lipinski definition) is 3. The number of imide groups is 1. The second kappa shape index (κ2) is 5.17. The summed E-state index contributed by atoms with van der Waals surface area (Å²) in [6.07, 6.45) is 0.768. The molecule has 1 fully saturated rings. The Morgan fingerprint density at radius 1 is 1.24 bits per heavy atom. The van der Waals surface area contributed by atoms with Gasteiger partial charge in [0.2, 0.25) is 11.8 Å². The average Bonchev–Trinajstić information content (AvgIpc) is 2.08. The highest BCUT2D eigenvalue weighted by Crippen LogP contribution is 2.31. The van der Waals surface area contributed by atoms with E-state index in [2.05, 4.69) is 0 Å². The van der Waals surface area contributed by atoms with Crippen molar-refractivity contribution >= 4 is 11.8 Å². The summed E-state index contributed by atoms with van der Waals surface area (Å²) in [6.45, 7) is 8.00. The Labute approximate surface area is 103 Å². The monoisotopic (exact) mass is 241 g/mol. The highest BCUT2D eigenvalue weighted by molar-refractivity contribution is 5.98. The molecule has 0 aromatic carbocycles. The number of aliphatic hydroxyl groups is 1. The van der Waals surface area contributed by atoms with Gasteiger partial charge in [-0.05, 0) is 17.8 Å². The molecule has 4 heteroatoms. The average molecular weight is 241 g/mol. The highest BCUT2D eigenvalue weighted by Gasteiger charge is 2.37. The van der Waals surface area contributed by atoms with Crippen LogP contribution in [0.3, 0.4) is 0 Å². The second-order valence-corrected chi connectivity index (χ2v) is 6.20. The molecule has 1 rings (SSSR count). The summed E-state index contributed by atoms with van der Waals surface area (Å²) < 4.78 is 0. The fourth-order valence-corrected chi connectivity index (χ4v) is 2.24. The van der Waals surface area contributed by atoms with Crippen molar-refractivity contribution in [3.63, 3.8) is 0 Å². The molecule has 0 bridgehead atoms. The van der Waals surface area contributed by atoms with Crippen LogP contribution in [0.4, 0.5) is 0 Å². The lowest BCUT2D eigenvalue weighted by Gasteiger charge is -2.35. The first-order valence-electron chi connectivity index (χ1n) is 6.22. The molecule has 2 amide bonds. The van der Waals surface area contributed by atoms with Crippen LogP contribution in [0.2, 0.25) is 0 Å². The third kappa shape index (κ3) is 4.11. The molecule has 1 unspecified atom stereocenters. The number of rotatable bonds is 4. The van der Waals surface area contributed by atoms with Crippen molar-refractivity contribution in [3.05, 3.63) is 0 Å². The van der Waals surface area contributed by atoms with Crippen molar-refractivity contribution in [2.24, 2.45) is 11.3 Å². The molecule has 0 aliphatic carbocycles. The zero-order chi connectivity index (χ0) is 13.2. The van der Waals surface area contributed by atoms with Crippen LogP contribution in [0.5, 0.6) is 0 Å². The lowest BCUT2D eigenvalue weighted by molar-refractivity contribution is -0.154. The van der Waals surface area contributed by atoms with Crippen LogP contribution in [-0.2, 0) is 9.59 Å². The van der Waals surface area contributed by atoms with Gasteiger partial charge in [0.15, 0.2) is 0 Å². The minimum atomic E-state index is -0.607. The Bertz CT molecular complexity index is 290. The maximum absolute atomic E-state index is 11.8. The Kier molecular flexibility index (Phi) is 4.31. The smallest absolute Gasteiger partial charge is 0.229 e. The van der Waals surface area contributed by atoms with Gasteiger partial charge in [0.25, 0.3) is 0 Å². The van der Waals surface area contributed by atoms with E-state index in [1.54, 1.807) is 0 Å². The molecule has 4 nitrogen and oxygen atoms in total. The van der Waals surface area contributed by atoms with Crippen LogP contribution >= 0.6 is 0 Å². The zero-order valence-electron chi connectivity index (χ0n) is 11.2. The fraction of sp³-hybridized carbons (Fsp3) is 0.846. The Morgan fingerprint density at radius 2 is 1.71 bits per heavy atom. The second-order valence-electron chi connectivity index (χ2n) is 6.20. The van der Waals surface area contributed by atoms with Crippen LogP contribution in [0.25, 0.3) is 0 Å². The Morgan fingerprint density at radius 3 is 2.12 bits per heavy atom. The fourth-order valence-electron chi connectivity index (χ4n) is 2.24. The van der Waals surface area contributed by atoms with E-state index in [0.717, 1.165) is 0 Å². The number of carbonyl (C=O) groups is 2. The molecular formula is C13H23NO3. The van der Waals surface area contributed by atoms with Gasteiger partial charge < -0.3 is 5.11 Å². The van der Waals surface area contributed by atoms with Gasteiger partial charge in [0.05, 0.1) is 12.6 Å². The van der Waals surface area contributed by atoms with Crippen molar-refractivity contribution in [2.75, 3.05) is 6.54 Å². The quantitative estimate of drug-likeness (QED) is 0.760. The summed E-state index contributed by atoms with van der Waals surface area (Å²) in [7, 11) is 0. The van der Waals surface area contributed by atoms with E-state index in [4.69, 9.17) is 0 Å². The third-order valence-electron chi connectivity index (χ3n) is 3.00. The molecule has 0 saturated carbocycles. The molecule has 0 aromatic heterocycles. The van der Waals surface area contributed by atoms with E-state index in [1.807, 2.05) is 27.7 Å². The van der Waals surface area contributed by atoms with Crippen LogP contribution in [0, 0.1) is 11.3 Å². The number of β-amino-alcohol motifs (C(OH)–C–C–N with tert-alkyl or cyclic N) is 1.